The Morgan fingerprint density at radius 1 is 0.974 bits per heavy atom. The number of para-hydroxylation sites is 1. The van der Waals surface area contributed by atoms with E-state index in [-0.39, 0.29) is 13.2 Å². The average molecular weight is 553 g/mol. The van der Waals surface area contributed by atoms with Crippen molar-refractivity contribution in [2.75, 3.05) is 19.8 Å². The first-order chi connectivity index (χ1) is 18.9. The smallest absolute Gasteiger partial charge is 0.294 e. The van der Waals surface area contributed by atoms with Gasteiger partial charge in [-0.1, -0.05) is 102 Å². The number of rotatable bonds is 21. The number of allylic oxidation sites excluding steroid dienone is 3. The summed E-state index contributed by atoms with van der Waals surface area (Å²) in [6, 6.07) is 9.37. The largest absolute Gasteiger partial charge is 0.490 e. The van der Waals surface area contributed by atoms with Crippen molar-refractivity contribution in [2.45, 2.75) is 104 Å². The number of nitrogens with zero attached hydrogens (tertiary/aromatic N) is 1. The molecule has 0 aromatic heterocycles. The van der Waals surface area contributed by atoms with Gasteiger partial charge >= 0.3 is 0 Å². The average Bonchev–Trinajstić information content (AvgIpc) is 2.94. The number of benzene rings is 1. The second-order valence-electron chi connectivity index (χ2n) is 9.12. The molecule has 0 spiro atoms. The lowest BCUT2D eigenvalue weighted by Crippen LogP contribution is -2.11. The lowest BCUT2D eigenvalue weighted by Gasteiger charge is -2.11. The highest BCUT2D eigenvalue weighted by molar-refractivity contribution is 5.45. The quantitative estimate of drug-likeness (QED) is 0.0543. The Hall–Kier alpha value is -2.90. The van der Waals surface area contributed by atoms with Gasteiger partial charge in [-0.2, -0.15) is 0 Å². The molecule has 1 amide bonds. The van der Waals surface area contributed by atoms with Crippen LogP contribution in [0.3, 0.4) is 0 Å². The summed E-state index contributed by atoms with van der Waals surface area (Å²) < 4.78 is 19.1. The van der Waals surface area contributed by atoms with Gasteiger partial charge in [0.25, 0.3) is 5.09 Å². The minimum absolute atomic E-state index is 0.0888. The van der Waals surface area contributed by atoms with Crippen molar-refractivity contribution < 1.29 is 23.8 Å². The number of unbranched alkanes of at least 4 members (excludes halogenated alkanes) is 5. The Morgan fingerprint density at radius 3 is 2.21 bits per heavy atom. The highest BCUT2D eigenvalue weighted by Gasteiger charge is 2.06. The molecule has 0 aliphatic heterocycles. The first-order valence-electron chi connectivity index (χ1n) is 14.5. The van der Waals surface area contributed by atoms with Crippen LogP contribution in [0.4, 0.5) is 4.39 Å². The molecule has 1 N–H and O–H groups in total. The van der Waals surface area contributed by atoms with Crippen LogP contribution in [0.5, 0.6) is 5.75 Å². The first kappa shape index (κ1) is 38.2. The van der Waals surface area contributed by atoms with Crippen molar-refractivity contribution in [3.63, 3.8) is 0 Å². The number of hydrogen-bond donors (Lipinski definition) is 1. The molecule has 0 aliphatic carbocycles. The molecule has 0 fully saturated rings. The molecule has 1 aromatic rings. The van der Waals surface area contributed by atoms with Crippen LogP contribution in [0.1, 0.15) is 98.3 Å². The first-order valence-corrected chi connectivity index (χ1v) is 14.5. The van der Waals surface area contributed by atoms with Gasteiger partial charge in [-0.25, -0.2) is 4.39 Å². The molecule has 0 saturated carbocycles. The Morgan fingerprint density at radius 2 is 1.64 bits per heavy atom. The maximum absolute atomic E-state index is 13.7. The Kier molecular flexibility index (Phi) is 30.7. The third kappa shape index (κ3) is 31.2. The normalized spacial score (nSPS) is 11.3. The van der Waals surface area contributed by atoms with Crippen molar-refractivity contribution in [2.24, 2.45) is 5.92 Å². The van der Waals surface area contributed by atoms with E-state index in [1.165, 1.54) is 19.3 Å². The Labute approximate surface area is 236 Å². The highest BCUT2D eigenvalue weighted by atomic mass is 19.1. The topological polar surface area (TPSA) is 90.7 Å². The molecule has 224 valence electrons. The molecule has 8 heteroatoms. The molecule has 0 saturated heterocycles. The van der Waals surface area contributed by atoms with Gasteiger partial charge in [0.15, 0.2) is 6.17 Å². The van der Waals surface area contributed by atoms with E-state index in [1.807, 2.05) is 36.4 Å². The lowest BCUT2D eigenvalue weighted by molar-refractivity contribution is -0.757. The van der Waals surface area contributed by atoms with Crippen LogP contribution >= 0.6 is 0 Å². The summed E-state index contributed by atoms with van der Waals surface area (Å²) in [5, 5.41) is 11.5. The van der Waals surface area contributed by atoms with E-state index in [0.717, 1.165) is 50.7 Å². The molecular formula is C31H53FN2O5. The molecule has 1 unspecified atom stereocenters. The van der Waals surface area contributed by atoms with Crippen molar-refractivity contribution in [3.8, 4) is 5.75 Å². The summed E-state index contributed by atoms with van der Waals surface area (Å²) >= 11 is 0. The van der Waals surface area contributed by atoms with Crippen molar-refractivity contribution in [3.05, 3.63) is 64.8 Å². The second-order valence-corrected chi connectivity index (χ2v) is 9.12. The number of ether oxygens (including phenoxy) is 1. The Bertz CT molecular complexity index is 710. The van der Waals surface area contributed by atoms with Gasteiger partial charge in [0.1, 0.15) is 12.4 Å². The van der Waals surface area contributed by atoms with Crippen LogP contribution in [0.25, 0.3) is 0 Å². The number of amides is 1. The van der Waals surface area contributed by atoms with Gasteiger partial charge in [-0.15, -0.1) is 10.1 Å². The fourth-order valence-corrected chi connectivity index (χ4v) is 3.47. The zero-order valence-electron chi connectivity index (χ0n) is 24.7. The third-order valence-electron chi connectivity index (χ3n) is 5.52. The van der Waals surface area contributed by atoms with E-state index in [9.17, 15) is 19.3 Å². The number of carbonyl (C=O) groups is 1. The summed E-state index contributed by atoms with van der Waals surface area (Å²) in [7, 11) is 0. The summed E-state index contributed by atoms with van der Waals surface area (Å²) in [6.07, 6.45) is 19.5. The van der Waals surface area contributed by atoms with Gasteiger partial charge < -0.3 is 14.9 Å². The minimum Gasteiger partial charge on any atom is -0.490 e. The standard InChI is InChI=1S/C17H25FO.C7H14N2O4.C7H14/c1-3-8-15(9-4-2)12-13-16(18)14-19-17-10-6-5-7-11-17;10-7-8-5-3-1-2-4-6-13-9(11)12;1-3-5-7-6-4-2/h5-7,10-13,15-16H,3-4,8-9,14H2,1-2H3;7H,1-6H2,(H,8,10);3,5H,4,6-7H2,1-2H3/b13-12+;;. The molecule has 0 radical (unpaired) electrons. The molecule has 1 rings (SSSR count). The van der Waals surface area contributed by atoms with Gasteiger partial charge in [0.05, 0.1) is 6.61 Å². The third-order valence-corrected chi connectivity index (χ3v) is 5.52. The second kappa shape index (κ2) is 31.3. The van der Waals surface area contributed by atoms with E-state index in [1.54, 1.807) is 6.08 Å². The molecule has 1 atom stereocenters. The van der Waals surface area contributed by atoms with Crippen LogP contribution in [-0.4, -0.2) is 37.4 Å². The summed E-state index contributed by atoms with van der Waals surface area (Å²) in [5.74, 6) is 1.22. The predicted molar refractivity (Wildman–Crippen MR) is 159 cm³/mol. The molecule has 39 heavy (non-hydrogen) atoms. The van der Waals surface area contributed by atoms with Gasteiger partial charge in [-0.3, -0.25) is 4.79 Å². The van der Waals surface area contributed by atoms with Crippen molar-refractivity contribution >= 4 is 6.41 Å². The fourth-order valence-electron chi connectivity index (χ4n) is 3.47. The van der Waals surface area contributed by atoms with E-state index in [4.69, 9.17) is 4.74 Å². The molecule has 7 nitrogen and oxygen atoms in total. The summed E-state index contributed by atoms with van der Waals surface area (Å²) in [5.41, 5.74) is 0. The molecule has 0 heterocycles. The van der Waals surface area contributed by atoms with Crippen LogP contribution < -0.4 is 10.1 Å². The lowest BCUT2D eigenvalue weighted by atomic mass is 9.97. The van der Waals surface area contributed by atoms with Crippen LogP contribution in [0, 0.1) is 16.0 Å². The SMILES string of the molecule is CC=CCCCC.CCCC(/C=C/C(F)COc1ccccc1)CCC.O=CNCCCCCCO[N+](=O)[O-]. The van der Waals surface area contributed by atoms with Gasteiger partial charge in [0, 0.05) is 6.54 Å². The predicted octanol–water partition coefficient (Wildman–Crippen LogP) is 8.43. The van der Waals surface area contributed by atoms with Crippen LogP contribution in [-0.2, 0) is 9.63 Å². The monoisotopic (exact) mass is 552 g/mol. The number of halogens is 1. The van der Waals surface area contributed by atoms with E-state index < -0.39 is 11.3 Å². The van der Waals surface area contributed by atoms with Crippen molar-refractivity contribution in [1.29, 1.82) is 0 Å². The van der Waals surface area contributed by atoms with Gasteiger partial charge in [0.2, 0.25) is 6.41 Å². The van der Waals surface area contributed by atoms with E-state index >= 15 is 0 Å². The maximum atomic E-state index is 13.7. The summed E-state index contributed by atoms with van der Waals surface area (Å²) in [6.45, 7) is 9.53. The number of alkyl halides is 1. The highest BCUT2D eigenvalue weighted by Crippen LogP contribution is 2.16. The maximum Gasteiger partial charge on any atom is 0.294 e. The summed E-state index contributed by atoms with van der Waals surface area (Å²) in [4.78, 5) is 23.6. The van der Waals surface area contributed by atoms with E-state index in [2.05, 4.69) is 50.0 Å². The number of hydrogen-bond acceptors (Lipinski definition) is 5. The molecular weight excluding hydrogens is 499 g/mol. The van der Waals surface area contributed by atoms with Crippen molar-refractivity contribution in [1.82, 2.24) is 5.32 Å². The van der Waals surface area contributed by atoms with E-state index in [0.29, 0.717) is 25.3 Å². The molecule has 1 aromatic carbocycles. The molecule has 0 aliphatic rings. The van der Waals surface area contributed by atoms with Gasteiger partial charge in [-0.05, 0) is 57.1 Å². The zero-order valence-corrected chi connectivity index (χ0v) is 24.7. The number of carbonyl (C=O) groups excluding carboxylic acids is 1. The fraction of sp³-hybridized carbons (Fsp3) is 0.645. The number of nitrogens with one attached hydrogen (secondary N) is 1. The minimum atomic E-state index is -1.03. The molecule has 0 bridgehead atoms. The van der Waals surface area contributed by atoms with Crippen LogP contribution in [0.15, 0.2) is 54.6 Å². The zero-order chi connectivity index (χ0) is 29.4. The Balaban J connectivity index is 0. The van der Waals surface area contributed by atoms with Crippen LogP contribution in [0.2, 0.25) is 0 Å².